The molecule has 0 heterocycles. The highest BCUT2D eigenvalue weighted by Gasteiger charge is 2.55. The summed E-state index contributed by atoms with van der Waals surface area (Å²) in [7, 11) is 6.27. The second kappa shape index (κ2) is 17.7. The van der Waals surface area contributed by atoms with Crippen molar-refractivity contribution in [2.45, 2.75) is 42.5 Å². The third kappa shape index (κ3) is 7.79. The van der Waals surface area contributed by atoms with E-state index in [4.69, 9.17) is 18.9 Å². The molecule has 1 saturated carbocycles. The van der Waals surface area contributed by atoms with Crippen LogP contribution >= 0.6 is 0 Å². The molecule has 0 unspecified atom stereocenters. The zero-order valence-electron chi connectivity index (χ0n) is 34.1. The Kier molecular flexibility index (Phi) is 12.3. The Morgan fingerprint density at radius 2 is 0.733 bits per heavy atom. The third-order valence-electron chi connectivity index (χ3n) is 11.8. The fourth-order valence-corrected chi connectivity index (χ4v) is 8.16. The van der Waals surface area contributed by atoms with Gasteiger partial charge in [-0.2, -0.15) is 0 Å². The van der Waals surface area contributed by atoms with Crippen LogP contribution in [0.4, 0.5) is 0 Å². The molecule has 10 heteroatoms. The number of benzene rings is 6. The van der Waals surface area contributed by atoms with Crippen molar-refractivity contribution < 1.29 is 38.7 Å². The molecule has 0 saturated heterocycles. The number of nitrogens with one attached hydrogen (secondary N) is 2. The smallest absolute Gasteiger partial charge is 0.236 e. The first-order valence-corrected chi connectivity index (χ1v) is 19.9. The minimum atomic E-state index is -1.84. The summed E-state index contributed by atoms with van der Waals surface area (Å²) in [6.45, 7) is 0. The van der Waals surface area contributed by atoms with Gasteiger partial charge in [0.25, 0.3) is 0 Å². The van der Waals surface area contributed by atoms with Gasteiger partial charge in [-0.1, -0.05) is 116 Å². The van der Waals surface area contributed by atoms with Gasteiger partial charge in [-0.25, -0.2) is 0 Å². The van der Waals surface area contributed by atoms with Gasteiger partial charge in [0.05, 0.1) is 40.5 Å². The van der Waals surface area contributed by atoms with Gasteiger partial charge in [-0.3, -0.25) is 9.59 Å². The molecule has 2 atom stereocenters. The van der Waals surface area contributed by atoms with Crippen molar-refractivity contribution in [3.8, 4) is 23.0 Å². The first-order chi connectivity index (χ1) is 29.1. The van der Waals surface area contributed by atoms with Gasteiger partial charge in [0.1, 0.15) is 39.6 Å². The Hall–Kier alpha value is -6.62. The number of hydrogen-bond acceptors (Lipinski definition) is 8. The predicted octanol–water partition coefficient (Wildman–Crippen LogP) is 7.78. The minimum Gasteiger partial charge on any atom is -0.497 e. The molecule has 1 aliphatic carbocycles. The SMILES string of the molecule is COc1ccc(C(O)(c2ccc(OC)cc2)[C@H](NC(=O)C2(C(=O)N[C@H](c3ccccc3)C(O)(c3ccc(OC)cc3)c3ccc(OC)cc3)CCC2)c2ccccc2)cc1. The summed E-state index contributed by atoms with van der Waals surface area (Å²) in [6.07, 6.45) is 1.12. The lowest BCUT2D eigenvalue weighted by molar-refractivity contribution is -0.153. The van der Waals surface area contributed by atoms with Gasteiger partial charge in [-0.15, -0.1) is 0 Å². The monoisotopic (exact) mass is 806 g/mol. The molecule has 0 aliphatic heterocycles. The van der Waals surface area contributed by atoms with Crippen molar-refractivity contribution in [1.82, 2.24) is 10.6 Å². The zero-order chi connectivity index (χ0) is 42.3. The van der Waals surface area contributed by atoms with Gasteiger partial charge in [0.15, 0.2) is 0 Å². The van der Waals surface area contributed by atoms with Crippen molar-refractivity contribution >= 4 is 11.8 Å². The average molecular weight is 807 g/mol. The second-order valence-corrected chi connectivity index (χ2v) is 15.0. The fraction of sp³-hybridized carbons (Fsp3) is 0.240. The van der Waals surface area contributed by atoms with Crippen LogP contribution in [0.25, 0.3) is 0 Å². The summed E-state index contributed by atoms with van der Waals surface area (Å²) in [6, 6.07) is 44.5. The Labute approximate surface area is 350 Å². The zero-order valence-corrected chi connectivity index (χ0v) is 34.1. The van der Waals surface area contributed by atoms with Gasteiger partial charge in [-0.05, 0) is 94.8 Å². The molecule has 308 valence electrons. The van der Waals surface area contributed by atoms with E-state index in [-0.39, 0.29) is 12.8 Å². The molecule has 0 aromatic heterocycles. The second-order valence-electron chi connectivity index (χ2n) is 15.0. The minimum absolute atomic E-state index is 0.251. The van der Waals surface area contributed by atoms with Crippen LogP contribution in [0.15, 0.2) is 158 Å². The first kappa shape index (κ1) is 41.5. The lowest BCUT2D eigenvalue weighted by atomic mass is 9.66. The molecule has 10 nitrogen and oxygen atoms in total. The molecule has 0 spiro atoms. The van der Waals surface area contributed by atoms with E-state index in [0.29, 0.717) is 62.8 Å². The van der Waals surface area contributed by atoms with Crippen LogP contribution in [-0.4, -0.2) is 50.5 Å². The highest BCUT2D eigenvalue weighted by molar-refractivity contribution is 6.06. The van der Waals surface area contributed by atoms with E-state index in [1.807, 2.05) is 60.7 Å². The average Bonchev–Trinajstić information content (AvgIpc) is 3.29. The highest BCUT2D eigenvalue weighted by atomic mass is 16.5. The number of carbonyl (C=O) groups excluding carboxylic acids is 2. The van der Waals surface area contributed by atoms with Crippen molar-refractivity contribution in [2.24, 2.45) is 5.41 Å². The van der Waals surface area contributed by atoms with E-state index in [1.165, 1.54) is 0 Å². The van der Waals surface area contributed by atoms with Crippen LogP contribution in [0, 0.1) is 5.41 Å². The number of rotatable bonds is 16. The molecule has 6 aromatic rings. The van der Waals surface area contributed by atoms with Crippen molar-refractivity contribution in [2.75, 3.05) is 28.4 Å². The molecule has 0 radical (unpaired) electrons. The normalized spacial score (nSPS) is 14.4. The standard InChI is InChI=1S/C50H50N2O8/c1-57-40-24-16-36(17-25-40)49(55,37-18-26-41(58-2)27-19-37)44(34-12-7-5-8-13-34)51-46(53)48(32-11-33-48)47(54)52-45(35-14-9-6-10-15-35)50(56,38-20-28-42(59-3)29-21-38)39-22-30-43(60-4)31-23-39/h5-10,12-31,44-45,55-56H,11,32-33H2,1-4H3,(H,51,53)(H,52,54)/t44-,45-/m1/s1. The highest BCUT2D eigenvalue weighted by Crippen LogP contribution is 2.48. The maximum atomic E-state index is 15.1. The van der Waals surface area contributed by atoms with E-state index < -0.39 is 40.5 Å². The number of aliphatic hydroxyl groups is 2. The molecule has 0 bridgehead atoms. The molecular formula is C50H50N2O8. The molecule has 2 amide bonds. The van der Waals surface area contributed by atoms with Gasteiger partial charge in [0.2, 0.25) is 11.8 Å². The topological polar surface area (TPSA) is 136 Å². The first-order valence-electron chi connectivity index (χ1n) is 19.9. The fourth-order valence-electron chi connectivity index (χ4n) is 8.16. The maximum absolute atomic E-state index is 15.1. The lowest BCUT2D eigenvalue weighted by Gasteiger charge is -2.45. The predicted molar refractivity (Wildman–Crippen MR) is 229 cm³/mol. The van der Waals surface area contributed by atoms with Crippen molar-refractivity contribution in [3.63, 3.8) is 0 Å². The molecule has 1 aliphatic rings. The van der Waals surface area contributed by atoms with Crippen molar-refractivity contribution in [3.05, 3.63) is 191 Å². The summed E-state index contributed by atoms with van der Waals surface area (Å²) >= 11 is 0. The maximum Gasteiger partial charge on any atom is 0.236 e. The van der Waals surface area contributed by atoms with Crippen LogP contribution in [0.3, 0.4) is 0 Å². The summed E-state index contributed by atoms with van der Waals surface area (Å²) in [4.78, 5) is 30.2. The molecular weight excluding hydrogens is 757 g/mol. The van der Waals surface area contributed by atoms with Gasteiger partial charge < -0.3 is 39.8 Å². The van der Waals surface area contributed by atoms with Crippen LogP contribution in [0.5, 0.6) is 23.0 Å². The van der Waals surface area contributed by atoms with Crippen LogP contribution < -0.4 is 29.6 Å². The van der Waals surface area contributed by atoms with E-state index >= 15 is 9.59 Å². The van der Waals surface area contributed by atoms with Crippen molar-refractivity contribution in [1.29, 1.82) is 0 Å². The molecule has 4 N–H and O–H groups in total. The quantitative estimate of drug-likeness (QED) is 0.0729. The molecule has 6 aromatic carbocycles. The Bertz CT molecular complexity index is 2090. The summed E-state index contributed by atoms with van der Waals surface area (Å²) in [5.74, 6) is 1.28. The van der Waals surface area contributed by atoms with E-state index in [1.54, 1.807) is 126 Å². The Morgan fingerprint density at radius 1 is 0.467 bits per heavy atom. The van der Waals surface area contributed by atoms with E-state index in [0.717, 1.165) is 0 Å². The number of amides is 2. The van der Waals surface area contributed by atoms with Gasteiger partial charge in [0, 0.05) is 0 Å². The van der Waals surface area contributed by atoms with Crippen LogP contribution in [-0.2, 0) is 20.8 Å². The van der Waals surface area contributed by atoms with Crippen LogP contribution in [0.1, 0.15) is 64.7 Å². The summed E-state index contributed by atoms with van der Waals surface area (Å²) in [5.41, 5.74) is -2.03. The van der Waals surface area contributed by atoms with Crippen LogP contribution in [0.2, 0.25) is 0 Å². The summed E-state index contributed by atoms with van der Waals surface area (Å²) < 4.78 is 21.8. The largest absolute Gasteiger partial charge is 0.497 e. The number of methoxy groups -OCH3 is 4. The molecule has 7 rings (SSSR count). The lowest BCUT2D eigenvalue weighted by Crippen LogP contribution is -2.59. The number of hydrogen-bond donors (Lipinski definition) is 4. The number of ether oxygens (including phenoxy) is 4. The molecule has 1 fully saturated rings. The molecule has 60 heavy (non-hydrogen) atoms. The van der Waals surface area contributed by atoms with E-state index in [9.17, 15) is 10.2 Å². The number of carbonyl (C=O) groups is 2. The Morgan fingerprint density at radius 3 is 0.950 bits per heavy atom. The van der Waals surface area contributed by atoms with E-state index in [2.05, 4.69) is 10.6 Å². The van der Waals surface area contributed by atoms with Gasteiger partial charge >= 0.3 is 0 Å². The third-order valence-corrected chi connectivity index (χ3v) is 11.8. The Balaban J connectivity index is 1.31. The summed E-state index contributed by atoms with van der Waals surface area (Å²) in [5, 5.41) is 32.8.